The second-order valence-corrected chi connectivity index (χ2v) is 11.8. The van der Waals surface area contributed by atoms with Gasteiger partial charge in [0.25, 0.3) is 5.56 Å². The summed E-state index contributed by atoms with van der Waals surface area (Å²) in [4.78, 5) is 41.3. The number of carbonyl (C=O) groups is 1. The fraction of sp³-hybridized carbons (Fsp3) is 0.229. The van der Waals surface area contributed by atoms with Gasteiger partial charge in [0.2, 0.25) is 5.91 Å². The molecule has 0 bridgehead atoms. The van der Waals surface area contributed by atoms with Crippen LogP contribution in [0.3, 0.4) is 0 Å². The van der Waals surface area contributed by atoms with Gasteiger partial charge in [0, 0.05) is 72.9 Å². The summed E-state index contributed by atoms with van der Waals surface area (Å²) in [5.41, 5.74) is 11.1. The zero-order chi connectivity index (χ0) is 31.1. The molecule has 10 heteroatoms. The number of benzene rings is 1. The average molecular weight is 599 g/mol. The van der Waals surface area contributed by atoms with Crippen molar-refractivity contribution in [1.29, 1.82) is 0 Å². The molecule has 1 saturated heterocycles. The molecular formula is C35H34N8O2. The van der Waals surface area contributed by atoms with Gasteiger partial charge in [-0.2, -0.15) is 0 Å². The fourth-order valence-electron chi connectivity index (χ4n) is 6.33. The lowest BCUT2D eigenvalue weighted by Crippen LogP contribution is -2.40. The summed E-state index contributed by atoms with van der Waals surface area (Å²) in [7, 11) is 0. The monoisotopic (exact) mass is 598 g/mol. The maximum absolute atomic E-state index is 13.6. The van der Waals surface area contributed by atoms with Crippen LogP contribution in [0, 0.1) is 5.92 Å². The second kappa shape index (κ2) is 11.5. The molecule has 6 aromatic rings. The molecule has 0 unspecified atom stereocenters. The van der Waals surface area contributed by atoms with Gasteiger partial charge in [-0.05, 0) is 66.3 Å². The van der Waals surface area contributed by atoms with E-state index in [-0.39, 0.29) is 17.4 Å². The number of aromatic nitrogens is 5. The van der Waals surface area contributed by atoms with E-state index in [1.54, 1.807) is 30.9 Å². The minimum absolute atomic E-state index is 0.00678. The zero-order valence-corrected chi connectivity index (χ0v) is 25.2. The summed E-state index contributed by atoms with van der Waals surface area (Å²) in [6.45, 7) is 5.41. The van der Waals surface area contributed by atoms with E-state index in [0.717, 1.165) is 53.6 Å². The lowest BCUT2D eigenvalue weighted by molar-refractivity contribution is -0.135. The van der Waals surface area contributed by atoms with E-state index >= 15 is 0 Å². The number of piperidine rings is 1. The summed E-state index contributed by atoms with van der Waals surface area (Å²) in [5, 5.41) is 4.62. The minimum atomic E-state index is -0.200. The van der Waals surface area contributed by atoms with Gasteiger partial charge in [-0.15, -0.1) is 0 Å². The van der Waals surface area contributed by atoms with Crippen LogP contribution in [0.15, 0.2) is 96.4 Å². The first kappa shape index (κ1) is 28.3. The molecule has 1 aliphatic rings. The van der Waals surface area contributed by atoms with Crippen molar-refractivity contribution in [3.63, 3.8) is 0 Å². The molecule has 1 fully saturated rings. The van der Waals surface area contributed by atoms with Gasteiger partial charge in [-0.1, -0.05) is 32.0 Å². The Morgan fingerprint density at radius 1 is 0.933 bits per heavy atom. The number of fused-ring (bicyclic) bond motifs is 2. The SMILES string of the molecule is CC(C)C(=O)N1CCC(c2cc(-c3ccc(Nc4nccc5ccn(-c6ccccn6)c(=O)c45)cc3)c3c(N)nccn23)CC1. The van der Waals surface area contributed by atoms with Crippen LogP contribution in [0.1, 0.15) is 38.3 Å². The highest BCUT2D eigenvalue weighted by Gasteiger charge is 2.28. The molecule has 226 valence electrons. The molecule has 7 rings (SSSR count). The fourth-order valence-corrected chi connectivity index (χ4v) is 6.33. The maximum atomic E-state index is 13.6. The van der Waals surface area contributed by atoms with E-state index in [1.807, 2.05) is 73.5 Å². The largest absolute Gasteiger partial charge is 0.382 e. The minimum Gasteiger partial charge on any atom is -0.382 e. The number of nitrogens with zero attached hydrogens (tertiary/aromatic N) is 6. The smallest absolute Gasteiger partial charge is 0.267 e. The first-order valence-electron chi connectivity index (χ1n) is 15.2. The number of amides is 1. The Morgan fingerprint density at radius 3 is 2.47 bits per heavy atom. The number of hydrogen-bond acceptors (Lipinski definition) is 7. The van der Waals surface area contributed by atoms with Crippen molar-refractivity contribution in [3.8, 4) is 16.9 Å². The number of nitrogens with one attached hydrogen (secondary N) is 1. The number of pyridine rings is 3. The van der Waals surface area contributed by atoms with Crippen LogP contribution in [0.4, 0.5) is 17.3 Å². The lowest BCUT2D eigenvalue weighted by atomic mass is 9.92. The van der Waals surface area contributed by atoms with Gasteiger partial charge in [0.15, 0.2) is 0 Å². The van der Waals surface area contributed by atoms with Crippen LogP contribution in [0.25, 0.3) is 33.2 Å². The molecule has 0 saturated carbocycles. The number of carbonyl (C=O) groups excluding carboxylic acids is 1. The number of nitrogens with two attached hydrogens (primary N) is 1. The predicted octanol–water partition coefficient (Wildman–Crippen LogP) is 5.78. The number of nitrogen functional groups attached to an aromatic ring is 1. The number of hydrogen-bond donors (Lipinski definition) is 2. The number of anilines is 3. The molecule has 0 radical (unpaired) electrons. The molecule has 6 heterocycles. The van der Waals surface area contributed by atoms with Crippen LogP contribution in [-0.4, -0.2) is 47.8 Å². The number of rotatable bonds is 6. The Bertz CT molecular complexity index is 2080. The normalized spacial score (nSPS) is 14.0. The van der Waals surface area contributed by atoms with Crippen molar-refractivity contribution in [2.24, 2.45) is 5.92 Å². The molecule has 45 heavy (non-hydrogen) atoms. The highest BCUT2D eigenvalue weighted by atomic mass is 16.2. The Morgan fingerprint density at radius 2 is 1.73 bits per heavy atom. The van der Waals surface area contributed by atoms with Gasteiger partial charge < -0.3 is 20.4 Å². The summed E-state index contributed by atoms with van der Waals surface area (Å²) in [5.74, 6) is 2.02. The zero-order valence-electron chi connectivity index (χ0n) is 25.2. The molecule has 0 spiro atoms. The first-order valence-corrected chi connectivity index (χ1v) is 15.2. The molecule has 1 aromatic carbocycles. The molecular weight excluding hydrogens is 564 g/mol. The van der Waals surface area contributed by atoms with Crippen molar-refractivity contribution in [2.45, 2.75) is 32.6 Å². The van der Waals surface area contributed by atoms with Gasteiger partial charge in [-0.25, -0.2) is 15.0 Å². The van der Waals surface area contributed by atoms with E-state index in [1.165, 1.54) is 10.3 Å². The molecule has 3 N–H and O–H groups in total. The molecule has 1 amide bonds. The Balaban J connectivity index is 1.19. The van der Waals surface area contributed by atoms with Gasteiger partial charge in [-0.3, -0.25) is 14.2 Å². The Hall–Kier alpha value is -5.51. The van der Waals surface area contributed by atoms with Crippen LogP contribution in [0.5, 0.6) is 0 Å². The predicted molar refractivity (Wildman–Crippen MR) is 177 cm³/mol. The second-order valence-electron chi connectivity index (χ2n) is 11.8. The van der Waals surface area contributed by atoms with Crippen LogP contribution >= 0.6 is 0 Å². The van der Waals surface area contributed by atoms with Crippen molar-refractivity contribution < 1.29 is 4.79 Å². The topological polar surface area (TPSA) is 123 Å². The summed E-state index contributed by atoms with van der Waals surface area (Å²) >= 11 is 0. The maximum Gasteiger partial charge on any atom is 0.267 e. The third kappa shape index (κ3) is 5.18. The van der Waals surface area contributed by atoms with E-state index in [9.17, 15) is 9.59 Å². The van der Waals surface area contributed by atoms with E-state index in [2.05, 4.69) is 30.7 Å². The van der Waals surface area contributed by atoms with Crippen molar-refractivity contribution in [1.82, 2.24) is 28.8 Å². The third-order valence-corrected chi connectivity index (χ3v) is 8.63. The molecule has 0 aliphatic carbocycles. The van der Waals surface area contributed by atoms with Crippen molar-refractivity contribution in [3.05, 3.63) is 108 Å². The summed E-state index contributed by atoms with van der Waals surface area (Å²) in [6.07, 6.45) is 10.6. The Kier molecular flexibility index (Phi) is 7.25. The van der Waals surface area contributed by atoms with E-state index < -0.39 is 0 Å². The molecule has 10 nitrogen and oxygen atoms in total. The highest BCUT2D eigenvalue weighted by Crippen LogP contribution is 2.38. The Labute approximate surface area is 260 Å². The molecule has 0 atom stereocenters. The van der Waals surface area contributed by atoms with Crippen molar-refractivity contribution >= 4 is 39.5 Å². The van der Waals surface area contributed by atoms with Crippen molar-refractivity contribution in [2.75, 3.05) is 24.1 Å². The van der Waals surface area contributed by atoms with Crippen LogP contribution in [0.2, 0.25) is 0 Å². The van der Waals surface area contributed by atoms with Gasteiger partial charge in [0.05, 0.1) is 10.9 Å². The lowest BCUT2D eigenvalue weighted by Gasteiger charge is -2.33. The quantitative estimate of drug-likeness (QED) is 0.249. The van der Waals surface area contributed by atoms with E-state index in [0.29, 0.717) is 28.8 Å². The molecule has 1 aliphatic heterocycles. The third-order valence-electron chi connectivity index (χ3n) is 8.63. The number of likely N-dealkylation sites (tertiary alicyclic amines) is 1. The van der Waals surface area contributed by atoms with Crippen LogP contribution < -0.4 is 16.6 Å². The molecule has 5 aromatic heterocycles. The van der Waals surface area contributed by atoms with Gasteiger partial charge >= 0.3 is 0 Å². The highest BCUT2D eigenvalue weighted by molar-refractivity contribution is 5.93. The van der Waals surface area contributed by atoms with E-state index in [4.69, 9.17) is 5.73 Å². The summed E-state index contributed by atoms with van der Waals surface area (Å²) < 4.78 is 3.68. The van der Waals surface area contributed by atoms with Gasteiger partial charge in [0.1, 0.15) is 17.5 Å². The standard InChI is InChI=1S/C35H34N8O2/c1-22(2)34(44)41-17-11-24(12-18-41)28-21-27(31-32(36)38-16-20-42(28)31)23-6-8-26(9-7-23)40-33-30-25(10-15-39-33)13-19-43(35(30)45)29-5-3-4-14-37-29/h3-10,13-16,19-22,24H,11-12,17-18H2,1-2H3,(H2,36,38)(H,39,40). The average Bonchev–Trinajstić information content (AvgIpc) is 3.46. The summed E-state index contributed by atoms with van der Waals surface area (Å²) in [6, 6.07) is 19.4. The first-order chi connectivity index (χ1) is 21.9. The van der Waals surface area contributed by atoms with Crippen LogP contribution in [-0.2, 0) is 4.79 Å².